The molecule has 0 bridgehead atoms. The SMILES string of the molecule is N#Cc1c(N=Cc2cccc([N+](=O)[O-])c2)sc2c1CCCC2. The number of rotatable bonds is 3. The molecule has 1 aromatic heterocycles. The number of thiophene rings is 1. The van der Waals surface area contributed by atoms with E-state index in [1.54, 1.807) is 29.7 Å². The molecular weight excluding hydrogens is 298 g/mol. The molecule has 1 aromatic carbocycles. The normalized spacial score (nSPS) is 13.8. The third-order valence-corrected chi connectivity index (χ3v) is 4.88. The average molecular weight is 311 g/mol. The largest absolute Gasteiger partial charge is 0.270 e. The first-order valence-corrected chi connectivity index (χ1v) is 7.84. The smallest absolute Gasteiger partial charge is 0.258 e. The number of nitriles is 1. The Hall–Kier alpha value is -2.52. The molecule has 3 rings (SSSR count). The molecule has 110 valence electrons. The van der Waals surface area contributed by atoms with Crippen molar-refractivity contribution < 1.29 is 4.92 Å². The molecule has 0 N–H and O–H groups in total. The summed E-state index contributed by atoms with van der Waals surface area (Å²) >= 11 is 1.56. The van der Waals surface area contributed by atoms with Crippen molar-refractivity contribution in [1.82, 2.24) is 0 Å². The number of fused-ring (bicyclic) bond motifs is 1. The zero-order valence-electron chi connectivity index (χ0n) is 11.8. The van der Waals surface area contributed by atoms with Gasteiger partial charge in [0.1, 0.15) is 11.1 Å². The number of nitrogens with zero attached hydrogens (tertiary/aromatic N) is 3. The summed E-state index contributed by atoms with van der Waals surface area (Å²) in [6.45, 7) is 0. The van der Waals surface area contributed by atoms with Crippen LogP contribution < -0.4 is 0 Å². The van der Waals surface area contributed by atoms with Gasteiger partial charge in [-0.3, -0.25) is 10.1 Å². The first-order valence-electron chi connectivity index (χ1n) is 7.02. The number of nitro benzene ring substituents is 1. The van der Waals surface area contributed by atoms with Gasteiger partial charge in [0, 0.05) is 23.2 Å². The Morgan fingerprint density at radius 1 is 1.36 bits per heavy atom. The van der Waals surface area contributed by atoms with Crippen LogP contribution in [0.3, 0.4) is 0 Å². The van der Waals surface area contributed by atoms with E-state index in [0.29, 0.717) is 16.1 Å². The minimum Gasteiger partial charge on any atom is -0.258 e. The zero-order valence-corrected chi connectivity index (χ0v) is 12.6. The van der Waals surface area contributed by atoms with Gasteiger partial charge in [0.2, 0.25) is 0 Å². The van der Waals surface area contributed by atoms with Crippen LogP contribution in [0.4, 0.5) is 10.7 Å². The molecule has 2 aromatic rings. The highest BCUT2D eigenvalue weighted by molar-refractivity contribution is 7.16. The zero-order chi connectivity index (χ0) is 15.5. The first-order chi connectivity index (χ1) is 10.7. The lowest BCUT2D eigenvalue weighted by atomic mass is 9.96. The van der Waals surface area contributed by atoms with Gasteiger partial charge in [-0.2, -0.15) is 5.26 Å². The van der Waals surface area contributed by atoms with Crippen molar-refractivity contribution in [3.63, 3.8) is 0 Å². The molecule has 0 atom stereocenters. The standard InChI is InChI=1S/C16H13N3O2S/c17-9-14-13-6-1-2-7-15(13)22-16(14)18-10-11-4-3-5-12(8-11)19(20)21/h3-5,8,10H,1-2,6-7H2. The van der Waals surface area contributed by atoms with Gasteiger partial charge in [0.25, 0.3) is 5.69 Å². The topological polar surface area (TPSA) is 79.3 Å². The molecule has 6 heteroatoms. The van der Waals surface area contributed by atoms with E-state index in [1.807, 2.05) is 0 Å². The second kappa shape index (κ2) is 6.08. The molecule has 0 saturated carbocycles. The first kappa shape index (κ1) is 14.4. The maximum atomic E-state index is 10.8. The summed E-state index contributed by atoms with van der Waals surface area (Å²) in [5, 5.41) is 20.9. The summed E-state index contributed by atoms with van der Waals surface area (Å²) in [6.07, 6.45) is 5.83. The molecule has 0 amide bonds. The molecular formula is C16H13N3O2S. The van der Waals surface area contributed by atoms with Crippen LogP contribution >= 0.6 is 11.3 Å². The summed E-state index contributed by atoms with van der Waals surface area (Å²) in [7, 11) is 0. The Balaban J connectivity index is 1.93. The van der Waals surface area contributed by atoms with Crippen LogP contribution in [0.2, 0.25) is 0 Å². The summed E-state index contributed by atoms with van der Waals surface area (Å²) in [5.41, 5.74) is 2.51. The predicted octanol–water partition coefficient (Wildman–Crippen LogP) is 4.16. The Morgan fingerprint density at radius 3 is 2.95 bits per heavy atom. The maximum absolute atomic E-state index is 10.8. The van der Waals surface area contributed by atoms with Gasteiger partial charge in [-0.25, -0.2) is 4.99 Å². The molecule has 22 heavy (non-hydrogen) atoms. The molecule has 1 aliphatic carbocycles. The molecule has 0 saturated heterocycles. The Morgan fingerprint density at radius 2 is 2.18 bits per heavy atom. The van der Waals surface area contributed by atoms with E-state index in [9.17, 15) is 15.4 Å². The average Bonchev–Trinajstić information content (AvgIpc) is 2.90. The number of aliphatic imine (C=N–C) groups is 1. The molecule has 1 aliphatic rings. The number of aryl methyl sites for hydroxylation is 1. The van der Waals surface area contributed by atoms with E-state index >= 15 is 0 Å². The molecule has 0 aliphatic heterocycles. The predicted molar refractivity (Wildman–Crippen MR) is 86.0 cm³/mol. The Labute approximate surface area is 131 Å². The van der Waals surface area contributed by atoms with Gasteiger partial charge >= 0.3 is 0 Å². The van der Waals surface area contributed by atoms with E-state index in [0.717, 1.165) is 31.2 Å². The molecule has 0 fully saturated rings. The number of non-ortho nitro benzene ring substituents is 1. The van der Waals surface area contributed by atoms with E-state index in [4.69, 9.17) is 0 Å². The number of hydrogen-bond acceptors (Lipinski definition) is 5. The fourth-order valence-electron chi connectivity index (χ4n) is 2.61. The lowest BCUT2D eigenvalue weighted by Crippen LogP contribution is -1.99. The van der Waals surface area contributed by atoms with Crippen LogP contribution in [0.15, 0.2) is 29.3 Å². The molecule has 5 nitrogen and oxygen atoms in total. The van der Waals surface area contributed by atoms with E-state index in [-0.39, 0.29) is 5.69 Å². The van der Waals surface area contributed by atoms with Crippen molar-refractivity contribution in [1.29, 1.82) is 5.26 Å². The number of hydrogen-bond donors (Lipinski definition) is 0. The molecule has 0 unspecified atom stereocenters. The Kier molecular flexibility index (Phi) is 3.98. The van der Waals surface area contributed by atoms with Crippen LogP contribution in [0.1, 0.15) is 34.4 Å². The third kappa shape index (κ3) is 2.76. The van der Waals surface area contributed by atoms with Crippen LogP contribution in [0.25, 0.3) is 0 Å². The van der Waals surface area contributed by atoms with Crippen LogP contribution in [-0.4, -0.2) is 11.1 Å². The van der Waals surface area contributed by atoms with Crippen LogP contribution in [0.5, 0.6) is 0 Å². The van der Waals surface area contributed by atoms with Gasteiger partial charge < -0.3 is 0 Å². The van der Waals surface area contributed by atoms with Crippen molar-refractivity contribution >= 4 is 28.2 Å². The second-order valence-electron chi connectivity index (χ2n) is 5.11. The molecule has 0 radical (unpaired) electrons. The lowest BCUT2D eigenvalue weighted by molar-refractivity contribution is -0.384. The van der Waals surface area contributed by atoms with E-state index in [1.165, 1.54) is 17.0 Å². The van der Waals surface area contributed by atoms with Crippen molar-refractivity contribution in [2.24, 2.45) is 4.99 Å². The van der Waals surface area contributed by atoms with Crippen molar-refractivity contribution in [2.45, 2.75) is 25.7 Å². The fraction of sp³-hybridized carbons (Fsp3) is 0.250. The van der Waals surface area contributed by atoms with Crippen LogP contribution in [-0.2, 0) is 12.8 Å². The lowest BCUT2D eigenvalue weighted by Gasteiger charge is -2.09. The van der Waals surface area contributed by atoms with Gasteiger partial charge in [0.15, 0.2) is 0 Å². The molecule has 0 spiro atoms. The fourth-order valence-corrected chi connectivity index (χ4v) is 3.79. The summed E-state index contributed by atoms with van der Waals surface area (Å²) in [4.78, 5) is 16.0. The second-order valence-corrected chi connectivity index (χ2v) is 6.20. The van der Waals surface area contributed by atoms with Crippen molar-refractivity contribution in [3.05, 3.63) is 55.9 Å². The maximum Gasteiger partial charge on any atom is 0.270 e. The van der Waals surface area contributed by atoms with Gasteiger partial charge in [-0.15, -0.1) is 11.3 Å². The van der Waals surface area contributed by atoms with Crippen molar-refractivity contribution in [3.8, 4) is 6.07 Å². The van der Waals surface area contributed by atoms with Gasteiger partial charge in [0.05, 0.1) is 10.5 Å². The summed E-state index contributed by atoms with van der Waals surface area (Å²) < 4.78 is 0. The van der Waals surface area contributed by atoms with Crippen LogP contribution in [0, 0.1) is 21.4 Å². The molecule has 1 heterocycles. The highest BCUT2D eigenvalue weighted by Gasteiger charge is 2.20. The third-order valence-electron chi connectivity index (χ3n) is 3.68. The minimum absolute atomic E-state index is 0.0370. The number of nitro groups is 1. The van der Waals surface area contributed by atoms with E-state index < -0.39 is 4.92 Å². The van der Waals surface area contributed by atoms with Gasteiger partial charge in [-0.1, -0.05) is 12.1 Å². The summed E-state index contributed by atoms with van der Waals surface area (Å²) in [5.74, 6) is 0. The highest BCUT2D eigenvalue weighted by atomic mass is 32.1. The number of benzene rings is 1. The quantitative estimate of drug-likeness (QED) is 0.485. The van der Waals surface area contributed by atoms with E-state index in [2.05, 4.69) is 11.1 Å². The van der Waals surface area contributed by atoms with Gasteiger partial charge in [-0.05, 0) is 36.8 Å². The minimum atomic E-state index is -0.429. The van der Waals surface area contributed by atoms with Crippen molar-refractivity contribution in [2.75, 3.05) is 0 Å². The monoisotopic (exact) mass is 311 g/mol. The Bertz CT molecular complexity index is 802. The highest BCUT2D eigenvalue weighted by Crippen LogP contribution is 2.39. The summed E-state index contributed by atoms with van der Waals surface area (Å²) in [6, 6.07) is 8.57.